The van der Waals surface area contributed by atoms with E-state index in [1.807, 2.05) is 7.05 Å². The molecule has 0 aliphatic carbocycles. The number of halogens is 1. The van der Waals surface area contributed by atoms with Gasteiger partial charge in [-0.05, 0) is 32.9 Å². The van der Waals surface area contributed by atoms with Gasteiger partial charge in [0.2, 0.25) is 0 Å². The normalized spacial score (nSPS) is 22.8. The third kappa shape index (κ3) is 3.55. The molecule has 0 bridgehead atoms. The molecule has 0 saturated carbocycles. The Labute approximate surface area is 122 Å². The van der Waals surface area contributed by atoms with E-state index in [1.165, 1.54) is 0 Å². The largest absolute Gasteiger partial charge is 0.349 e. The number of nitro benzene ring substituents is 1. The molecule has 0 radical (unpaired) electrons. The molecule has 21 heavy (non-hydrogen) atoms. The molecule has 1 fully saturated rings. The van der Waals surface area contributed by atoms with Crippen molar-refractivity contribution in [3.8, 4) is 0 Å². The number of non-ortho nitro benzene ring substituents is 1. The van der Waals surface area contributed by atoms with E-state index in [0.717, 1.165) is 37.6 Å². The SMILES string of the molecule is CC1CC(NC(=O)c2cc([N+](=O)[O-])ccc2F)CCN1C. The van der Waals surface area contributed by atoms with Crippen molar-refractivity contribution < 1.29 is 14.1 Å². The zero-order valence-corrected chi connectivity index (χ0v) is 12.0. The van der Waals surface area contributed by atoms with Crippen LogP contribution in [0.3, 0.4) is 0 Å². The van der Waals surface area contributed by atoms with Crippen LogP contribution >= 0.6 is 0 Å². The molecule has 1 aliphatic heterocycles. The lowest BCUT2D eigenvalue weighted by atomic mass is 9.98. The van der Waals surface area contributed by atoms with Crippen molar-refractivity contribution >= 4 is 11.6 Å². The first kappa shape index (κ1) is 15.4. The van der Waals surface area contributed by atoms with E-state index in [2.05, 4.69) is 17.1 Å². The summed E-state index contributed by atoms with van der Waals surface area (Å²) in [5.74, 6) is -1.35. The van der Waals surface area contributed by atoms with Crippen molar-refractivity contribution in [1.82, 2.24) is 10.2 Å². The molecule has 1 aromatic rings. The number of nitrogens with one attached hydrogen (secondary N) is 1. The second-order valence-corrected chi connectivity index (χ2v) is 5.45. The molecule has 0 spiro atoms. The summed E-state index contributed by atoms with van der Waals surface area (Å²) in [4.78, 5) is 24.4. The molecule has 1 heterocycles. The van der Waals surface area contributed by atoms with Crippen LogP contribution in [-0.2, 0) is 0 Å². The van der Waals surface area contributed by atoms with Crippen molar-refractivity contribution in [2.24, 2.45) is 0 Å². The lowest BCUT2D eigenvalue weighted by Crippen LogP contribution is -2.47. The lowest BCUT2D eigenvalue weighted by Gasteiger charge is -2.35. The van der Waals surface area contributed by atoms with E-state index in [-0.39, 0.29) is 17.3 Å². The molecule has 114 valence electrons. The summed E-state index contributed by atoms with van der Waals surface area (Å²) in [6.45, 7) is 2.91. The summed E-state index contributed by atoms with van der Waals surface area (Å²) in [5, 5.41) is 13.5. The molecule has 0 aromatic heterocycles. The van der Waals surface area contributed by atoms with E-state index in [0.29, 0.717) is 6.04 Å². The van der Waals surface area contributed by atoms with E-state index >= 15 is 0 Å². The molecule has 1 aliphatic rings. The van der Waals surface area contributed by atoms with Crippen LogP contribution in [0.25, 0.3) is 0 Å². The second kappa shape index (κ2) is 6.17. The van der Waals surface area contributed by atoms with Gasteiger partial charge < -0.3 is 10.2 Å². The van der Waals surface area contributed by atoms with E-state index in [1.54, 1.807) is 0 Å². The number of hydrogen-bond acceptors (Lipinski definition) is 4. The predicted molar refractivity (Wildman–Crippen MR) is 75.6 cm³/mol. The molecule has 2 rings (SSSR count). The number of amides is 1. The smallest absolute Gasteiger partial charge is 0.270 e. The molecule has 1 amide bonds. The molecule has 1 saturated heterocycles. The molecule has 6 nitrogen and oxygen atoms in total. The number of carbonyl (C=O) groups excluding carboxylic acids is 1. The Hall–Kier alpha value is -2.02. The first-order chi connectivity index (χ1) is 9.88. The number of likely N-dealkylation sites (tertiary alicyclic amines) is 1. The van der Waals surface area contributed by atoms with Crippen molar-refractivity contribution in [3.63, 3.8) is 0 Å². The minimum absolute atomic E-state index is 0.0395. The third-order valence-electron chi connectivity index (χ3n) is 3.95. The highest BCUT2D eigenvalue weighted by atomic mass is 19.1. The number of nitrogens with zero attached hydrogens (tertiary/aromatic N) is 2. The van der Waals surface area contributed by atoms with Crippen molar-refractivity contribution in [2.45, 2.75) is 31.8 Å². The Kier molecular flexibility index (Phi) is 4.52. The highest BCUT2D eigenvalue weighted by molar-refractivity contribution is 5.95. The van der Waals surface area contributed by atoms with Gasteiger partial charge in [0.05, 0.1) is 10.5 Å². The predicted octanol–water partition coefficient (Wildman–Crippen LogP) is 1.95. The average molecular weight is 295 g/mol. The molecule has 7 heteroatoms. The number of nitro groups is 1. The lowest BCUT2D eigenvalue weighted by molar-refractivity contribution is -0.384. The van der Waals surface area contributed by atoms with Crippen LogP contribution in [0.2, 0.25) is 0 Å². The summed E-state index contributed by atoms with van der Waals surface area (Å²) >= 11 is 0. The zero-order valence-electron chi connectivity index (χ0n) is 12.0. The van der Waals surface area contributed by atoms with Crippen molar-refractivity contribution in [1.29, 1.82) is 0 Å². The zero-order chi connectivity index (χ0) is 15.6. The number of piperidine rings is 1. The number of benzene rings is 1. The van der Waals surface area contributed by atoms with Gasteiger partial charge in [0.1, 0.15) is 5.82 Å². The van der Waals surface area contributed by atoms with Crippen LogP contribution in [0.5, 0.6) is 0 Å². The van der Waals surface area contributed by atoms with Crippen molar-refractivity contribution in [2.75, 3.05) is 13.6 Å². The molecule has 2 unspecified atom stereocenters. The Morgan fingerprint density at radius 3 is 2.86 bits per heavy atom. The van der Waals surface area contributed by atoms with Gasteiger partial charge in [-0.3, -0.25) is 14.9 Å². The Balaban J connectivity index is 2.10. The quantitative estimate of drug-likeness (QED) is 0.683. The van der Waals surface area contributed by atoms with Gasteiger partial charge in [0.25, 0.3) is 11.6 Å². The molecular formula is C14H18FN3O3. The van der Waals surface area contributed by atoms with Crippen LogP contribution in [0.4, 0.5) is 10.1 Å². The minimum atomic E-state index is -0.751. The average Bonchev–Trinajstić information content (AvgIpc) is 2.43. The molecule has 1 aromatic carbocycles. The van der Waals surface area contributed by atoms with E-state index < -0.39 is 16.6 Å². The summed E-state index contributed by atoms with van der Waals surface area (Å²) in [6, 6.07) is 3.26. The number of rotatable bonds is 3. The fourth-order valence-corrected chi connectivity index (χ4v) is 2.48. The van der Waals surface area contributed by atoms with Crippen LogP contribution in [0.15, 0.2) is 18.2 Å². The Morgan fingerprint density at radius 2 is 2.24 bits per heavy atom. The van der Waals surface area contributed by atoms with Crippen LogP contribution in [0, 0.1) is 15.9 Å². The fraction of sp³-hybridized carbons (Fsp3) is 0.500. The second-order valence-electron chi connectivity index (χ2n) is 5.45. The highest BCUT2D eigenvalue weighted by Crippen LogP contribution is 2.19. The standard InChI is InChI=1S/C14H18FN3O3/c1-9-7-10(5-6-17(9)2)16-14(19)12-8-11(18(20)21)3-4-13(12)15/h3-4,8-10H,5-7H2,1-2H3,(H,16,19). The van der Waals surface area contributed by atoms with Gasteiger partial charge in [0, 0.05) is 30.8 Å². The monoisotopic (exact) mass is 295 g/mol. The maximum absolute atomic E-state index is 13.7. The highest BCUT2D eigenvalue weighted by Gasteiger charge is 2.25. The van der Waals surface area contributed by atoms with Gasteiger partial charge in [-0.15, -0.1) is 0 Å². The Morgan fingerprint density at radius 1 is 1.52 bits per heavy atom. The topological polar surface area (TPSA) is 75.5 Å². The Bertz CT molecular complexity index is 564. The fourth-order valence-electron chi connectivity index (χ4n) is 2.48. The summed E-state index contributed by atoms with van der Waals surface area (Å²) in [7, 11) is 2.02. The minimum Gasteiger partial charge on any atom is -0.349 e. The van der Waals surface area contributed by atoms with Crippen LogP contribution in [0.1, 0.15) is 30.1 Å². The molecular weight excluding hydrogens is 277 g/mol. The van der Waals surface area contributed by atoms with E-state index in [9.17, 15) is 19.3 Å². The molecule has 1 N–H and O–H groups in total. The van der Waals surface area contributed by atoms with Gasteiger partial charge in [0.15, 0.2) is 0 Å². The van der Waals surface area contributed by atoms with Gasteiger partial charge in [-0.1, -0.05) is 0 Å². The first-order valence-corrected chi connectivity index (χ1v) is 6.83. The van der Waals surface area contributed by atoms with Gasteiger partial charge in [-0.25, -0.2) is 4.39 Å². The summed E-state index contributed by atoms with van der Waals surface area (Å²) in [6.07, 6.45) is 1.56. The van der Waals surface area contributed by atoms with E-state index in [4.69, 9.17) is 0 Å². The third-order valence-corrected chi connectivity index (χ3v) is 3.95. The van der Waals surface area contributed by atoms with Gasteiger partial charge >= 0.3 is 0 Å². The maximum atomic E-state index is 13.7. The molecule has 2 atom stereocenters. The van der Waals surface area contributed by atoms with Crippen molar-refractivity contribution in [3.05, 3.63) is 39.7 Å². The first-order valence-electron chi connectivity index (χ1n) is 6.83. The van der Waals surface area contributed by atoms with Gasteiger partial charge in [-0.2, -0.15) is 0 Å². The maximum Gasteiger partial charge on any atom is 0.270 e. The van der Waals surface area contributed by atoms with Crippen LogP contribution < -0.4 is 5.32 Å². The summed E-state index contributed by atoms with van der Waals surface area (Å²) in [5.41, 5.74) is -0.575. The summed E-state index contributed by atoms with van der Waals surface area (Å²) < 4.78 is 13.7. The number of carbonyl (C=O) groups is 1. The van der Waals surface area contributed by atoms with Crippen LogP contribution in [-0.4, -0.2) is 41.4 Å². The number of hydrogen-bond donors (Lipinski definition) is 1.